The van der Waals surface area contributed by atoms with Crippen LogP contribution < -0.4 is 0 Å². The van der Waals surface area contributed by atoms with Gasteiger partial charge in [-0.1, -0.05) is 45.9 Å². The zero-order valence-corrected chi connectivity index (χ0v) is 22.6. The third-order valence-corrected chi connectivity index (χ3v) is 6.52. The van der Waals surface area contributed by atoms with Gasteiger partial charge < -0.3 is 29.6 Å². The predicted octanol–water partition coefficient (Wildman–Crippen LogP) is 4.85. The average Bonchev–Trinajstić information content (AvgIpc) is 3.05. The number of carbonyl (C=O) groups excluding carboxylic acids is 1. The van der Waals surface area contributed by atoms with Crippen LogP contribution in [0, 0.1) is 13.8 Å². The number of cyclic esters (lactones) is 1. The summed E-state index contributed by atoms with van der Waals surface area (Å²) in [4.78, 5) is 34.7. The molecule has 0 atom stereocenters. The standard InChI is InChI=1S/C28H30O4.Na.H3O4P.H/c1-15(2)20-13-23(17(5)11-25(20)29)28(22-10-8-7-9-19(22)27(31)32-28)24-14-21(16(3)4)26(30)12-18(24)6;;1-5(2,3)4;/h7-16,29-30H,1-6H3;;(H3,1,2,3,4);. The Bertz CT molecular complexity index is 1320. The average molecular weight is 553 g/mol. The molecule has 0 saturated heterocycles. The number of fused-ring (bicyclic) bond motifs is 1. The van der Waals surface area contributed by atoms with Crippen LogP contribution in [0.2, 0.25) is 0 Å². The molecule has 10 heteroatoms. The molecule has 4 rings (SSSR count). The molecule has 0 saturated carbocycles. The molecule has 0 unspecified atom stereocenters. The molecule has 1 heterocycles. The van der Waals surface area contributed by atoms with E-state index in [9.17, 15) is 15.0 Å². The van der Waals surface area contributed by atoms with E-state index in [1.165, 1.54) is 0 Å². The van der Waals surface area contributed by atoms with Crippen LogP contribution in [-0.2, 0) is 14.9 Å². The van der Waals surface area contributed by atoms with E-state index in [2.05, 4.69) is 0 Å². The fraction of sp³-hybridized carbons (Fsp3) is 0.321. The van der Waals surface area contributed by atoms with Crippen molar-refractivity contribution in [2.45, 2.75) is 59.0 Å². The van der Waals surface area contributed by atoms with Crippen molar-refractivity contribution in [2.24, 2.45) is 0 Å². The van der Waals surface area contributed by atoms with E-state index in [1.54, 1.807) is 18.2 Å². The Morgan fingerprint density at radius 3 is 1.55 bits per heavy atom. The van der Waals surface area contributed by atoms with Crippen molar-refractivity contribution in [1.29, 1.82) is 0 Å². The molecule has 38 heavy (non-hydrogen) atoms. The van der Waals surface area contributed by atoms with E-state index in [4.69, 9.17) is 24.0 Å². The fourth-order valence-corrected chi connectivity index (χ4v) is 4.86. The van der Waals surface area contributed by atoms with Gasteiger partial charge in [0, 0.05) is 16.7 Å². The van der Waals surface area contributed by atoms with Crippen LogP contribution in [0.15, 0.2) is 48.5 Å². The molecule has 0 amide bonds. The van der Waals surface area contributed by atoms with E-state index in [0.717, 1.165) is 38.9 Å². The minimum absolute atomic E-state index is 0. The Hall–Kier alpha value is -2.16. The van der Waals surface area contributed by atoms with E-state index in [1.807, 2.05) is 71.9 Å². The van der Waals surface area contributed by atoms with Gasteiger partial charge in [0.05, 0.1) is 5.56 Å². The summed E-state index contributed by atoms with van der Waals surface area (Å²) in [6.07, 6.45) is 0. The number of rotatable bonds is 4. The number of phosphoric acid groups is 1. The number of esters is 1. The normalized spacial score (nSPS) is 13.9. The van der Waals surface area contributed by atoms with Gasteiger partial charge in [0.15, 0.2) is 5.60 Å². The molecule has 0 bridgehead atoms. The van der Waals surface area contributed by atoms with Gasteiger partial charge in [-0.25, -0.2) is 9.36 Å². The zero-order chi connectivity index (χ0) is 27.9. The molecule has 1 aliphatic rings. The first-order valence-electron chi connectivity index (χ1n) is 11.9. The summed E-state index contributed by atoms with van der Waals surface area (Å²) in [5.41, 5.74) is 5.03. The van der Waals surface area contributed by atoms with E-state index < -0.39 is 13.4 Å². The molecule has 0 aromatic heterocycles. The second-order valence-corrected chi connectivity index (χ2v) is 10.9. The summed E-state index contributed by atoms with van der Waals surface area (Å²) in [5, 5.41) is 21.2. The number of carbonyl (C=O) groups is 1. The van der Waals surface area contributed by atoms with Gasteiger partial charge in [0.25, 0.3) is 0 Å². The van der Waals surface area contributed by atoms with Gasteiger partial charge in [-0.05, 0) is 78.3 Å². The van der Waals surface area contributed by atoms with Gasteiger partial charge in [-0.15, -0.1) is 0 Å². The molecule has 0 aliphatic carbocycles. The number of hydrogen-bond acceptors (Lipinski definition) is 5. The third-order valence-electron chi connectivity index (χ3n) is 6.52. The van der Waals surface area contributed by atoms with Crippen LogP contribution >= 0.6 is 7.82 Å². The van der Waals surface area contributed by atoms with Crippen molar-refractivity contribution in [1.82, 2.24) is 0 Å². The van der Waals surface area contributed by atoms with Crippen molar-refractivity contribution in [2.75, 3.05) is 0 Å². The fourth-order valence-electron chi connectivity index (χ4n) is 4.86. The van der Waals surface area contributed by atoms with Crippen LogP contribution in [-0.4, -0.2) is 60.4 Å². The molecule has 1 aliphatic heterocycles. The van der Waals surface area contributed by atoms with Crippen LogP contribution in [0.5, 0.6) is 11.5 Å². The maximum atomic E-state index is 13.1. The summed E-state index contributed by atoms with van der Waals surface area (Å²) < 4.78 is 15.2. The first kappa shape index (κ1) is 32.1. The molecule has 5 N–H and O–H groups in total. The van der Waals surface area contributed by atoms with E-state index >= 15 is 0 Å². The van der Waals surface area contributed by atoms with Crippen molar-refractivity contribution in [3.63, 3.8) is 0 Å². The number of aryl methyl sites for hydroxylation is 2. The summed E-state index contributed by atoms with van der Waals surface area (Å²) in [7, 11) is -4.64. The monoisotopic (exact) mass is 552 g/mol. The summed E-state index contributed by atoms with van der Waals surface area (Å²) >= 11 is 0. The Kier molecular flexibility index (Phi) is 10.1. The molecular formula is C28H34NaO8P. The Morgan fingerprint density at radius 2 is 1.16 bits per heavy atom. The number of aromatic hydroxyl groups is 2. The molecule has 0 radical (unpaired) electrons. The summed E-state index contributed by atoms with van der Waals surface area (Å²) in [5.74, 6) is 0.271. The van der Waals surface area contributed by atoms with E-state index in [-0.39, 0.29) is 58.9 Å². The number of benzene rings is 3. The molecule has 0 fully saturated rings. The molecular weight excluding hydrogens is 518 g/mol. The molecule has 3 aromatic rings. The first-order valence-corrected chi connectivity index (χ1v) is 13.4. The van der Waals surface area contributed by atoms with Crippen LogP contribution in [0.25, 0.3) is 0 Å². The second-order valence-electron chi connectivity index (χ2n) is 9.89. The van der Waals surface area contributed by atoms with Crippen molar-refractivity contribution >= 4 is 43.3 Å². The number of phenols is 2. The third kappa shape index (κ3) is 6.35. The quantitative estimate of drug-likeness (QED) is 0.176. The van der Waals surface area contributed by atoms with Crippen LogP contribution in [0.3, 0.4) is 0 Å². The molecule has 8 nitrogen and oxygen atoms in total. The van der Waals surface area contributed by atoms with Crippen LogP contribution in [0.4, 0.5) is 0 Å². The zero-order valence-electron chi connectivity index (χ0n) is 21.7. The van der Waals surface area contributed by atoms with Gasteiger partial charge in [0.2, 0.25) is 0 Å². The topological polar surface area (TPSA) is 145 Å². The minimum atomic E-state index is -4.64. The number of hydrogen-bond donors (Lipinski definition) is 5. The molecule has 200 valence electrons. The number of ether oxygens (including phenoxy) is 1. The van der Waals surface area contributed by atoms with Crippen molar-refractivity contribution < 1.29 is 39.0 Å². The summed E-state index contributed by atoms with van der Waals surface area (Å²) in [6.45, 7) is 12.0. The van der Waals surface area contributed by atoms with Gasteiger partial charge in [-0.3, -0.25) is 0 Å². The Labute approximate surface area is 244 Å². The first-order chi connectivity index (χ1) is 17.1. The second kappa shape index (κ2) is 11.9. The predicted molar refractivity (Wildman–Crippen MR) is 147 cm³/mol. The Morgan fingerprint density at radius 1 is 0.763 bits per heavy atom. The number of phenolic OH excluding ortho intramolecular Hbond substituents is 2. The Balaban J connectivity index is 0.000000774. The maximum absolute atomic E-state index is 13.1. The van der Waals surface area contributed by atoms with Crippen molar-refractivity contribution in [3.8, 4) is 11.5 Å². The van der Waals surface area contributed by atoms with Crippen LogP contribution in [0.1, 0.15) is 88.8 Å². The van der Waals surface area contributed by atoms with Gasteiger partial charge >= 0.3 is 43.3 Å². The SMILES string of the molecule is Cc1cc(O)c(C(C)C)cc1C1(c2cc(C(C)C)c(O)cc2C)OC(=O)c2ccccc21.O=P(O)(O)O.[NaH]. The molecule has 0 spiro atoms. The van der Waals surface area contributed by atoms with E-state index in [0.29, 0.717) is 5.56 Å². The van der Waals surface area contributed by atoms with Gasteiger partial charge in [0.1, 0.15) is 11.5 Å². The summed E-state index contributed by atoms with van der Waals surface area (Å²) in [6, 6.07) is 14.9. The van der Waals surface area contributed by atoms with Crippen molar-refractivity contribution in [3.05, 3.63) is 93.0 Å². The van der Waals surface area contributed by atoms with Gasteiger partial charge in [-0.2, -0.15) is 0 Å². The molecule has 3 aromatic carbocycles.